The lowest BCUT2D eigenvalue weighted by Crippen LogP contribution is -3.13. The molecule has 0 amide bonds. The van der Waals surface area contributed by atoms with Gasteiger partial charge in [0.15, 0.2) is 0 Å². The van der Waals surface area contributed by atoms with Gasteiger partial charge in [-0.1, -0.05) is 48.0 Å². The van der Waals surface area contributed by atoms with Crippen LogP contribution in [0.15, 0.2) is 60.7 Å². The first-order chi connectivity index (χ1) is 11.8. The van der Waals surface area contributed by atoms with Crippen LogP contribution in [0.25, 0.3) is 10.9 Å². The van der Waals surface area contributed by atoms with Crippen molar-refractivity contribution in [2.24, 2.45) is 0 Å². The van der Waals surface area contributed by atoms with Crippen LogP contribution in [0.1, 0.15) is 11.1 Å². The molecular formula is C21H25N3+2. The summed E-state index contributed by atoms with van der Waals surface area (Å²) in [6, 6.07) is 21.8. The highest BCUT2D eigenvalue weighted by molar-refractivity contribution is 5.76. The van der Waals surface area contributed by atoms with Crippen molar-refractivity contribution in [2.45, 2.75) is 13.5 Å². The van der Waals surface area contributed by atoms with E-state index in [0.29, 0.717) is 0 Å². The van der Waals surface area contributed by atoms with Gasteiger partial charge in [-0.2, -0.15) is 0 Å². The lowest BCUT2D eigenvalue weighted by molar-refractivity contribution is -0.914. The summed E-state index contributed by atoms with van der Waals surface area (Å²) in [5, 5.41) is 1.27. The average Bonchev–Trinajstić information content (AvgIpc) is 2.62. The van der Waals surface area contributed by atoms with Crippen molar-refractivity contribution in [1.82, 2.24) is 0 Å². The van der Waals surface area contributed by atoms with Gasteiger partial charge in [0.05, 0.1) is 0 Å². The Morgan fingerprint density at radius 2 is 1.79 bits per heavy atom. The number of piperazine rings is 1. The number of hydrogen-bond donors (Lipinski definition) is 1. The summed E-state index contributed by atoms with van der Waals surface area (Å²) in [5.74, 6) is 1.24. The van der Waals surface area contributed by atoms with E-state index in [1.165, 1.54) is 40.9 Å². The molecule has 0 aliphatic carbocycles. The molecule has 0 bridgehead atoms. The number of nitrogens with one attached hydrogen (secondary N) is 2. The molecule has 24 heavy (non-hydrogen) atoms. The van der Waals surface area contributed by atoms with E-state index < -0.39 is 0 Å². The largest absolute Gasteiger partial charge is 0.325 e. The predicted octanol–water partition coefficient (Wildman–Crippen LogP) is 1.87. The minimum atomic E-state index is 1.11. The molecule has 0 spiro atoms. The normalized spacial score (nSPS) is 15.8. The highest BCUT2D eigenvalue weighted by Gasteiger charge is 2.26. The second-order valence-corrected chi connectivity index (χ2v) is 6.83. The Bertz CT molecular complexity index is 835. The molecule has 3 aromatic rings. The van der Waals surface area contributed by atoms with E-state index in [2.05, 4.69) is 77.5 Å². The zero-order chi connectivity index (χ0) is 16.4. The van der Waals surface area contributed by atoms with Gasteiger partial charge in [0.2, 0.25) is 0 Å². The van der Waals surface area contributed by atoms with Crippen molar-refractivity contribution < 1.29 is 9.88 Å². The monoisotopic (exact) mass is 319 g/mol. The molecular weight excluding hydrogens is 294 g/mol. The van der Waals surface area contributed by atoms with E-state index in [1.54, 1.807) is 4.90 Å². The number of hydrogen-bond acceptors (Lipinski definition) is 1. The summed E-state index contributed by atoms with van der Waals surface area (Å²) in [7, 11) is 0. The molecule has 0 saturated carbocycles. The van der Waals surface area contributed by atoms with Gasteiger partial charge in [0.1, 0.15) is 38.2 Å². The summed E-state index contributed by atoms with van der Waals surface area (Å²) in [6.07, 6.45) is 0. The van der Waals surface area contributed by atoms with Crippen LogP contribution in [0.2, 0.25) is 0 Å². The Hall–Kier alpha value is -2.39. The van der Waals surface area contributed by atoms with Gasteiger partial charge >= 0.3 is 0 Å². The number of benzene rings is 2. The smallest absolute Gasteiger partial charge is 0.275 e. The van der Waals surface area contributed by atoms with Gasteiger partial charge in [-0.15, -0.1) is 0 Å². The van der Waals surface area contributed by atoms with E-state index in [-0.39, 0.29) is 0 Å². The van der Waals surface area contributed by atoms with Crippen LogP contribution < -0.4 is 14.8 Å². The first-order valence-electron chi connectivity index (χ1n) is 8.83. The van der Waals surface area contributed by atoms with Gasteiger partial charge < -0.3 is 4.90 Å². The molecule has 2 heterocycles. The van der Waals surface area contributed by atoms with Crippen LogP contribution >= 0.6 is 0 Å². The predicted molar refractivity (Wildman–Crippen MR) is 98.3 cm³/mol. The van der Waals surface area contributed by atoms with Crippen molar-refractivity contribution in [3.8, 4) is 0 Å². The maximum Gasteiger partial charge on any atom is 0.275 e. The molecule has 1 fully saturated rings. The molecule has 4 rings (SSSR count). The minimum Gasteiger partial charge on any atom is -0.325 e. The lowest BCUT2D eigenvalue weighted by Gasteiger charge is -2.28. The number of aromatic nitrogens is 1. The molecule has 3 nitrogen and oxygen atoms in total. The molecule has 1 aromatic heterocycles. The van der Waals surface area contributed by atoms with Crippen molar-refractivity contribution in [3.63, 3.8) is 0 Å². The molecule has 3 heteroatoms. The van der Waals surface area contributed by atoms with E-state index in [4.69, 9.17) is 0 Å². The molecule has 1 saturated heterocycles. The number of para-hydroxylation sites is 1. The average molecular weight is 319 g/mol. The number of H-pyrrole nitrogens is 1. The van der Waals surface area contributed by atoms with Crippen LogP contribution in [0, 0.1) is 6.92 Å². The minimum absolute atomic E-state index is 1.11. The van der Waals surface area contributed by atoms with Crippen LogP contribution in [0.4, 0.5) is 5.82 Å². The number of quaternary nitrogens is 1. The van der Waals surface area contributed by atoms with Crippen LogP contribution in [-0.2, 0) is 6.54 Å². The van der Waals surface area contributed by atoms with E-state index >= 15 is 0 Å². The third kappa shape index (κ3) is 3.26. The van der Waals surface area contributed by atoms with Crippen molar-refractivity contribution >= 4 is 16.7 Å². The Morgan fingerprint density at radius 1 is 0.958 bits per heavy atom. The van der Waals surface area contributed by atoms with E-state index in [9.17, 15) is 0 Å². The van der Waals surface area contributed by atoms with Gasteiger partial charge in [0.25, 0.3) is 5.82 Å². The Balaban J connectivity index is 1.41. The quantitative estimate of drug-likeness (QED) is 0.782. The second-order valence-electron chi connectivity index (χ2n) is 6.83. The summed E-state index contributed by atoms with van der Waals surface area (Å²) in [6.45, 7) is 7.90. The van der Waals surface area contributed by atoms with Crippen LogP contribution in [0.3, 0.4) is 0 Å². The third-order valence-corrected chi connectivity index (χ3v) is 4.99. The summed E-state index contributed by atoms with van der Waals surface area (Å²) >= 11 is 0. The first kappa shape index (κ1) is 15.2. The number of aromatic amines is 1. The maximum atomic E-state index is 3.59. The molecule has 1 aliphatic rings. The zero-order valence-electron chi connectivity index (χ0n) is 14.3. The number of aryl methyl sites for hydroxylation is 1. The fraction of sp³-hybridized carbons (Fsp3) is 0.286. The molecule has 122 valence electrons. The third-order valence-electron chi connectivity index (χ3n) is 4.99. The Kier molecular flexibility index (Phi) is 4.18. The molecule has 0 unspecified atom stereocenters. The second kappa shape index (κ2) is 6.62. The van der Waals surface area contributed by atoms with E-state index in [0.717, 1.165) is 19.6 Å². The number of anilines is 1. The fourth-order valence-corrected chi connectivity index (χ4v) is 3.64. The van der Waals surface area contributed by atoms with Gasteiger partial charge in [0, 0.05) is 17.0 Å². The van der Waals surface area contributed by atoms with E-state index in [1.807, 2.05) is 0 Å². The number of rotatable bonds is 3. The van der Waals surface area contributed by atoms with Crippen LogP contribution in [0.5, 0.6) is 0 Å². The Labute approximate surface area is 143 Å². The van der Waals surface area contributed by atoms with Gasteiger partial charge in [-0.3, -0.25) is 4.90 Å². The maximum absolute atomic E-state index is 3.59. The summed E-state index contributed by atoms with van der Waals surface area (Å²) in [5.41, 5.74) is 4.02. The molecule has 2 N–H and O–H groups in total. The zero-order valence-corrected chi connectivity index (χ0v) is 14.3. The highest BCUT2D eigenvalue weighted by Crippen LogP contribution is 2.13. The molecule has 0 radical (unpaired) electrons. The van der Waals surface area contributed by atoms with Gasteiger partial charge in [-0.05, 0) is 19.1 Å². The van der Waals surface area contributed by atoms with Crippen LogP contribution in [-0.4, -0.2) is 26.2 Å². The van der Waals surface area contributed by atoms with Crippen molar-refractivity contribution in [1.29, 1.82) is 0 Å². The molecule has 0 atom stereocenters. The lowest BCUT2D eigenvalue weighted by atomic mass is 10.1. The number of fused-ring (bicyclic) bond motifs is 1. The van der Waals surface area contributed by atoms with Gasteiger partial charge in [-0.25, -0.2) is 4.98 Å². The SMILES string of the molecule is Cc1cccc(C[NH+]2CCN(c3ccc4ccccc4[nH+]3)CC2)c1. The first-order valence-corrected chi connectivity index (χ1v) is 8.83. The summed E-state index contributed by atoms with van der Waals surface area (Å²) < 4.78 is 0. The highest BCUT2D eigenvalue weighted by atomic mass is 15.3. The molecule has 1 aliphatic heterocycles. The molecule has 2 aromatic carbocycles. The van der Waals surface area contributed by atoms with Crippen molar-refractivity contribution in [2.75, 3.05) is 31.1 Å². The fourth-order valence-electron chi connectivity index (χ4n) is 3.64. The standard InChI is InChI=1S/C21H23N3/c1-17-5-4-6-18(15-17)16-23-11-13-24(14-12-23)21-10-9-19-7-2-3-8-20(19)22-21/h2-10,15H,11-14,16H2,1H3/p+2. The topological polar surface area (TPSA) is 21.8 Å². The number of pyridine rings is 1. The number of nitrogens with zero attached hydrogens (tertiary/aromatic N) is 1. The Morgan fingerprint density at radius 3 is 2.62 bits per heavy atom. The summed E-state index contributed by atoms with van der Waals surface area (Å²) in [4.78, 5) is 7.74. The van der Waals surface area contributed by atoms with Crippen molar-refractivity contribution in [3.05, 3.63) is 71.8 Å².